The number of benzene rings is 1. The Balaban J connectivity index is 2.32. The van der Waals surface area contributed by atoms with Gasteiger partial charge in [0.05, 0.1) is 12.6 Å². The van der Waals surface area contributed by atoms with Gasteiger partial charge in [-0.2, -0.15) is 0 Å². The van der Waals surface area contributed by atoms with Gasteiger partial charge in [-0.15, -0.1) is 0 Å². The number of nitrogens with one attached hydrogen (secondary N) is 1. The molecule has 100 valence electrons. The van der Waals surface area contributed by atoms with E-state index in [0.29, 0.717) is 0 Å². The Morgan fingerprint density at radius 1 is 1.50 bits per heavy atom. The SMILES string of the molecule is Cc1cc(Br)ccc1N1CC(C)(C)NCC1CO. The van der Waals surface area contributed by atoms with Gasteiger partial charge in [0.25, 0.3) is 0 Å². The van der Waals surface area contributed by atoms with E-state index >= 15 is 0 Å². The molecule has 1 atom stereocenters. The van der Waals surface area contributed by atoms with Crippen LogP contribution in [0.15, 0.2) is 22.7 Å². The van der Waals surface area contributed by atoms with Gasteiger partial charge in [-0.05, 0) is 44.5 Å². The Morgan fingerprint density at radius 2 is 2.22 bits per heavy atom. The van der Waals surface area contributed by atoms with Gasteiger partial charge in [-0.25, -0.2) is 0 Å². The molecule has 1 fully saturated rings. The zero-order valence-electron chi connectivity index (χ0n) is 11.2. The van der Waals surface area contributed by atoms with Crippen LogP contribution in [-0.4, -0.2) is 36.4 Å². The average molecular weight is 313 g/mol. The molecule has 0 radical (unpaired) electrons. The molecule has 1 unspecified atom stereocenters. The van der Waals surface area contributed by atoms with E-state index in [4.69, 9.17) is 0 Å². The normalized spacial score (nSPS) is 23.2. The van der Waals surface area contributed by atoms with Crippen LogP contribution in [0.1, 0.15) is 19.4 Å². The second-order valence-electron chi connectivity index (χ2n) is 5.66. The van der Waals surface area contributed by atoms with Crippen LogP contribution in [0, 0.1) is 6.92 Å². The minimum atomic E-state index is 0.0746. The van der Waals surface area contributed by atoms with Crippen molar-refractivity contribution in [1.82, 2.24) is 5.32 Å². The second-order valence-corrected chi connectivity index (χ2v) is 6.58. The molecule has 0 aromatic heterocycles. The lowest BCUT2D eigenvalue weighted by Crippen LogP contribution is -2.63. The van der Waals surface area contributed by atoms with Crippen LogP contribution in [0.3, 0.4) is 0 Å². The standard InChI is InChI=1S/C14H21BrN2O/c1-10-6-11(15)4-5-13(10)17-9-14(2,3)16-7-12(17)8-18/h4-6,12,16,18H,7-9H2,1-3H3. The monoisotopic (exact) mass is 312 g/mol. The predicted octanol–water partition coefficient (Wildman–Crippen LogP) is 2.31. The fraction of sp³-hybridized carbons (Fsp3) is 0.571. The van der Waals surface area contributed by atoms with E-state index in [-0.39, 0.29) is 18.2 Å². The molecule has 1 aromatic rings. The van der Waals surface area contributed by atoms with Gasteiger partial charge >= 0.3 is 0 Å². The van der Waals surface area contributed by atoms with E-state index < -0.39 is 0 Å². The zero-order chi connectivity index (χ0) is 13.3. The van der Waals surface area contributed by atoms with Crippen LogP contribution in [0.4, 0.5) is 5.69 Å². The minimum Gasteiger partial charge on any atom is -0.394 e. The van der Waals surface area contributed by atoms with Crippen molar-refractivity contribution in [2.75, 3.05) is 24.6 Å². The highest BCUT2D eigenvalue weighted by atomic mass is 79.9. The number of nitrogens with zero attached hydrogens (tertiary/aromatic N) is 1. The Labute approximate surface area is 117 Å². The van der Waals surface area contributed by atoms with E-state index in [2.05, 4.69) is 65.1 Å². The summed E-state index contributed by atoms with van der Waals surface area (Å²) in [5.74, 6) is 0. The molecule has 1 aromatic carbocycles. The van der Waals surface area contributed by atoms with E-state index in [9.17, 15) is 5.11 Å². The molecular weight excluding hydrogens is 292 g/mol. The quantitative estimate of drug-likeness (QED) is 0.879. The smallest absolute Gasteiger partial charge is 0.0647 e. The molecule has 0 saturated carbocycles. The summed E-state index contributed by atoms with van der Waals surface area (Å²) in [6.45, 7) is 8.41. The van der Waals surface area contributed by atoms with E-state index in [1.807, 2.05) is 0 Å². The number of rotatable bonds is 2. The lowest BCUT2D eigenvalue weighted by molar-refractivity contribution is 0.214. The number of piperazine rings is 1. The molecule has 0 amide bonds. The summed E-state index contributed by atoms with van der Waals surface area (Å²) in [5.41, 5.74) is 2.53. The highest BCUT2D eigenvalue weighted by molar-refractivity contribution is 9.10. The Hall–Kier alpha value is -0.580. The molecule has 1 aliphatic heterocycles. The number of aliphatic hydroxyl groups excluding tert-OH is 1. The molecule has 0 spiro atoms. The molecule has 4 heteroatoms. The summed E-state index contributed by atoms with van der Waals surface area (Å²) < 4.78 is 1.10. The number of aliphatic hydroxyl groups is 1. The number of aryl methyl sites for hydroxylation is 1. The van der Waals surface area contributed by atoms with Crippen molar-refractivity contribution in [2.24, 2.45) is 0 Å². The first-order chi connectivity index (χ1) is 8.43. The number of anilines is 1. The highest BCUT2D eigenvalue weighted by Gasteiger charge is 2.32. The van der Waals surface area contributed by atoms with Crippen molar-refractivity contribution in [3.8, 4) is 0 Å². The number of halogens is 1. The lowest BCUT2D eigenvalue weighted by Gasteiger charge is -2.45. The summed E-state index contributed by atoms with van der Waals surface area (Å²) >= 11 is 3.49. The molecule has 2 N–H and O–H groups in total. The maximum absolute atomic E-state index is 9.55. The van der Waals surface area contributed by atoms with E-state index in [0.717, 1.165) is 17.6 Å². The Kier molecular flexibility index (Phi) is 3.99. The summed E-state index contributed by atoms with van der Waals surface area (Å²) in [4.78, 5) is 2.32. The van der Waals surface area contributed by atoms with Crippen molar-refractivity contribution < 1.29 is 5.11 Å². The summed E-state index contributed by atoms with van der Waals surface area (Å²) in [6, 6.07) is 6.46. The molecule has 1 aliphatic rings. The summed E-state index contributed by atoms with van der Waals surface area (Å²) in [7, 11) is 0. The van der Waals surface area contributed by atoms with Crippen molar-refractivity contribution in [3.05, 3.63) is 28.2 Å². The molecule has 3 nitrogen and oxygen atoms in total. The van der Waals surface area contributed by atoms with Gasteiger partial charge in [0, 0.05) is 28.8 Å². The Morgan fingerprint density at radius 3 is 2.83 bits per heavy atom. The van der Waals surface area contributed by atoms with Gasteiger partial charge in [0.1, 0.15) is 0 Å². The Bertz CT molecular complexity index is 434. The first-order valence-corrected chi connectivity index (χ1v) is 7.11. The van der Waals surface area contributed by atoms with Crippen LogP contribution in [-0.2, 0) is 0 Å². The fourth-order valence-electron chi connectivity index (χ4n) is 2.50. The van der Waals surface area contributed by atoms with Crippen LogP contribution in [0.2, 0.25) is 0 Å². The maximum Gasteiger partial charge on any atom is 0.0647 e. The van der Waals surface area contributed by atoms with Crippen LogP contribution in [0.5, 0.6) is 0 Å². The highest BCUT2D eigenvalue weighted by Crippen LogP contribution is 2.28. The number of hydrogen-bond donors (Lipinski definition) is 2. The van der Waals surface area contributed by atoms with Gasteiger partial charge in [0.2, 0.25) is 0 Å². The van der Waals surface area contributed by atoms with Gasteiger partial charge in [-0.1, -0.05) is 15.9 Å². The average Bonchev–Trinajstić information content (AvgIpc) is 2.28. The first-order valence-electron chi connectivity index (χ1n) is 6.31. The molecule has 2 rings (SSSR count). The molecule has 0 bridgehead atoms. The van der Waals surface area contributed by atoms with Crippen LogP contribution in [0.25, 0.3) is 0 Å². The minimum absolute atomic E-state index is 0.0746. The van der Waals surface area contributed by atoms with Gasteiger partial charge < -0.3 is 15.3 Å². The molecule has 18 heavy (non-hydrogen) atoms. The van der Waals surface area contributed by atoms with E-state index in [1.165, 1.54) is 11.3 Å². The lowest BCUT2D eigenvalue weighted by atomic mass is 9.97. The molecule has 1 heterocycles. The summed E-state index contributed by atoms with van der Waals surface area (Å²) in [5, 5.41) is 13.0. The van der Waals surface area contributed by atoms with Gasteiger partial charge in [0.15, 0.2) is 0 Å². The number of hydrogen-bond acceptors (Lipinski definition) is 3. The third-order valence-electron chi connectivity index (χ3n) is 3.50. The van der Waals surface area contributed by atoms with Crippen molar-refractivity contribution >= 4 is 21.6 Å². The fourth-order valence-corrected chi connectivity index (χ4v) is 2.98. The molecular formula is C14H21BrN2O. The summed E-state index contributed by atoms with van der Waals surface area (Å²) in [6.07, 6.45) is 0. The maximum atomic E-state index is 9.55. The third-order valence-corrected chi connectivity index (χ3v) is 3.99. The van der Waals surface area contributed by atoms with Crippen molar-refractivity contribution in [3.63, 3.8) is 0 Å². The second kappa shape index (κ2) is 5.19. The third kappa shape index (κ3) is 2.87. The topological polar surface area (TPSA) is 35.5 Å². The van der Waals surface area contributed by atoms with Crippen molar-refractivity contribution in [2.45, 2.75) is 32.4 Å². The van der Waals surface area contributed by atoms with Crippen LogP contribution < -0.4 is 10.2 Å². The molecule has 1 saturated heterocycles. The van der Waals surface area contributed by atoms with E-state index in [1.54, 1.807) is 0 Å². The van der Waals surface area contributed by atoms with Crippen LogP contribution >= 0.6 is 15.9 Å². The molecule has 0 aliphatic carbocycles. The zero-order valence-corrected chi connectivity index (χ0v) is 12.8. The largest absolute Gasteiger partial charge is 0.394 e. The van der Waals surface area contributed by atoms with Crippen molar-refractivity contribution in [1.29, 1.82) is 0 Å². The first kappa shape index (κ1) is 13.8. The van der Waals surface area contributed by atoms with Gasteiger partial charge in [-0.3, -0.25) is 0 Å². The predicted molar refractivity (Wildman–Crippen MR) is 79.2 cm³/mol.